The predicted octanol–water partition coefficient (Wildman–Crippen LogP) is 2.34. The molecule has 0 fully saturated rings. The lowest BCUT2D eigenvalue weighted by atomic mass is 9.93. The maximum Gasteiger partial charge on any atom is 0.0399 e. The largest absolute Gasteiger partial charge is 0.371 e. The zero-order valence-corrected chi connectivity index (χ0v) is 7.75. The van der Waals surface area contributed by atoms with Crippen molar-refractivity contribution in [2.24, 2.45) is 5.92 Å². The van der Waals surface area contributed by atoms with Gasteiger partial charge in [0.05, 0.1) is 0 Å². The van der Waals surface area contributed by atoms with Crippen LogP contribution in [0.15, 0.2) is 35.6 Å². The van der Waals surface area contributed by atoms with Crippen LogP contribution in [0.4, 0.5) is 0 Å². The van der Waals surface area contributed by atoms with E-state index in [0.29, 0.717) is 5.92 Å². The third-order valence-corrected chi connectivity index (χ3v) is 2.54. The molecule has 1 heterocycles. The molecule has 0 amide bonds. The number of allylic oxidation sites excluding steroid dienone is 3. The molecule has 1 heteroatoms. The normalized spacial score (nSPS) is 27.8. The first-order valence-electron chi connectivity index (χ1n) is 4.57. The van der Waals surface area contributed by atoms with Crippen molar-refractivity contribution < 1.29 is 0 Å². The monoisotopic (exact) mass is 161 g/mol. The van der Waals surface area contributed by atoms with Crippen molar-refractivity contribution in [2.75, 3.05) is 13.6 Å². The number of likely N-dealkylation sites (N-methyl/N-ethyl adjacent to an activating group) is 1. The van der Waals surface area contributed by atoms with Gasteiger partial charge in [0.15, 0.2) is 0 Å². The van der Waals surface area contributed by atoms with Crippen LogP contribution in [0, 0.1) is 5.92 Å². The summed E-state index contributed by atoms with van der Waals surface area (Å²) < 4.78 is 0. The Kier molecular flexibility index (Phi) is 1.80. The summed E-state index contributed by atoms with van der Waals surface area (Å²) in [4.78, 5) is 2.31. The lowest BCUT2D eigenvalue weighted by Gasteiger charge is -2.29. The highest BCUT2D eigenvalue weighted by atomic mass is 15.1. The summed E-state index contributed by atoms with van der Waals surface area (Å²) in [7, 11) is 2.15. The van der Waals surface area contributed by atoms with E-state index in [0.717, 1.165) is 6.54 Å². The highest BCUT2D eigenvalue weighted by molar-refractivity contribution is 5.43. The molecule has 1 atom stereocenters. The second-order valence-corrected chi connectivity index (χ2v) is 3.71. The molecule has 0 aromatic rings. The summed E-state index contributed by atoms with van der Waals surface area (Å²) in [5, 5.41) is 0. The maximum absolute atomic E-state index is 2.37. The second-order valence-electron chi connectivity index (χ2n) is 3.71. The van der Waals surface area contributed by atoms with E-state index in [9.17, 15) is 0 Å². The van der Waals surface area contributed by atoms with Crippen molar-refractivity contribution in [3.63, 3.8) is 0 Å². The maximum atomic E-state index is 2.37. The molecule has 2 rings (SSSR count). The van der Waals surface area contributed by atoms with E-state index >= 15 is 0 Å². The zero-order valence-electron chi connectivity index (χ0n) is 7.75. The van der Waals surface area contributed by atoms with Crippen LogP contribution in [0.3, 0.4) is 0 Å². The van der Waals surface area contributed by atoms with Crippen molar-refractivity contribution >= 4 is 0 Å². The van der Waals surface area contributed by atoms with E-state index in [-0.39, 0.29) is 0 Å². The quantitative estimate of drug-likeness (QED) is 0.527. The van der Waals surface area contributed by atoms with Gasteiger partial charge in [-0.15, -0.1) is 0 Å². The average molecular weight is 161 g/mol. The fourth-order valence-corrected chi connectivity index (χ4v) is 1.79. The second kappa shape index (κ2) is 2.81. The first kappa shape index (κ1) is 7.66. The smallest absolute Gasteiger partial charge is 0.0399 e. The van der Waals surface area contributed by atoms with Crippen LogP contribution >= 0.6 is 0 Å². The minimum absolute atomic E-state index is 0.706. The van der Waals surface area contributed by atoms with Crippen molar-refractivity contribution in [3.8, 4) is 0 Å². The lowest BCUT2D eigenvalue weighted by Crippen LogP contribution is -2.24. The lowest BCUT2D eigenvalue weighted by molar-refractivity contribution is 0.454. The third-order valence-electron chi connectivity index (χ3n) is 2.54. The number of hydrogen-bond acceptors (Lipinski definition) is 1. The Morgan fingerprint density at radius 2 is 2.33 bits per heavy atom. The molecule has 0 aromatic heterocycles. The minimum Gasteiger partial charge on any atom is -0.371 e. The van der Waals surface area contributed by atoms with Gasteiger partial charge in [-0.05, 0) is 17.9 Å². The van der Waals surface area contributed by atoms with Crippen LogP contribution in [0.5, 0.6) is 0 Å². The summed E-state index contributed by atoms with van der Waals surface area (Å²) in [6.45, 7) is 3.32. The molecule has 0 bridgehead atoms. The molecule has 0 radical (unpaired) electrons. The van der Waals surface area contributed by atoms with E-state index in [1.807, 2.05) is 0 Å². The molecule has 12 heavy (non-hydrogen) atoms. The highest BCUT2D eigenvalue weighted by Gasteiger charge is 2.16. The number of hydrogen-bond donors (Lipinski definition) is 0. The first-order valence-corrected chi connectivity index (χ1v) is 4.57. The summed E-state index contributed by atoms with van der Waals surface area (Å²) >= 11 is 0. The van der Waals surface area contributed by atoms with E-state index in [1.165, 1.54) is 17.7 Å². The molecule has 0 aromatic carbocycles. The Labute approximate surface area is 74.1 Å². The molecule has 1 aliphatic heterocycles. The first-order chi connectivity index (χ1) is 5.77. The fraction of sp³-hybridized carbons (Fsp3) is 0.455. The Bertz CT molecular complexity index is 271. The molecule has 64 valence electrons. The van der Waals surface area contributed by atoms with E-state index in [2.05, 4.69) is 43.2 Å². The third kappa shape index (κ3) is 1.20. The molecule has 0 N–H and O–H groups in total. The number of fused-ring (bicyclic) bond motifs is 1. The van der Waals surface area contributed by atoms with Crippen molar-refractivity contribution in [1.29, 1.82) is 0 Å². The van der Waals surface area contributed by atoms with Gasteiger partial charge in [0.25, 0.3) is 0 Å². The zero-order chi connectivity index (χ0) is 8.55. The van der Waals surface area contributed by atoms with Gasteiger partial charge in [-0.2, -0.15) is 0 Å². The molecule has 0 saturated heterocycles. The molecular formula is C11H15N. The molecule has 1 nitrogen and oxygen atoms in total. The van der Waals surface area contributed by atoms with Crippen LogP contribution < -0.4 is 0 Å². The molecule has 0 spiro atoms. The van der Waals surface area contributed by atoms with Gasteiger partial charge in [-0.25, -0.2) is 0 Å². The van der Waals surface area contributed by atoms with Crippen LogP contribution in [-0.2, 0) is 0 Å². The number of nitrogens with zero attached hydrogens (tertiary/aromatic N) is 1. The Balaban J connectivity index is 2.35. The van der Waals surface area contributed by atoms with Gasteiger partial charge < -0.3 is 4.90 Å². The highest BCUT2D eigenvalue weighted by Crippen LogP contribution is 2.27. The Morgan fingerprint density at radius 1 is 1.50 bits per heavy atom. The van der Waals surface area contributed by atoms with Crippen molar-refractivity contribution in [3.05, 3.63) is 35.6 Å². The standard InChI is InChI=1S/C11H15N/c1-9-5-6-10-4-3-7-12(2)11(10)8-9/h3-4,6,8-9H,5,7H2,1-2H3. The summed E-state index contributed by atoms with van der Waals surface area (Å²) in [5.41, 5.74) is 2.82. The summed E-state index contributed by atoms with van der Waals surface area (Å²) in [6, 6.07) is 0. The van der Waals surface area contributed by atoms with Crippen LogP contribution in [0.2, 0.25) is 0 Å². The van der Waals surface area contributed by atoms with Gasteiger partial charge in [-0.1, -0.05) is 31.2 Å². The number of rotatable bonds is 0. The predicted molar refractivity (Wildman–Crippen MR) is 51.7 cm³/mol. The fourth-order valence-electron chi connectivity index (χ4n) is 1.79. The van der Waals surface area contributed by atoms with Gasteiger partial charge in [-0.3, -0.25) is 0 Å². The van der Waals surface area contributed by atoms with Crippen LogP contribution in [0.1, 0.15) is 13.3 Å². The van der Waals surface area contributed by atoms with E-state index in [4.69, 9.17) is 0 Å². The molecule has 1 aliphatic carbocycles. The van der Waals surface area contributed by atoms with Crippen LogP contribution in [-0.4, -0.2) is 18.5 Å². The molecule has 1 unspecified atom stereocenters. The Morgan fingerprint density at radius 3 is 3.17 bits per heavy atom. The molecule has 2 aliphatic rings. The topological polar surface area (TPSA) is 3.24 Å². The van der Waals surface area contributed by atoms with E-state index < -0.39 is 0 Å². The SMILES string of the molecule is CC1C=C2C(=CC1)C=CCN2C. The van der Waals surface area contributed by atoms with E-state index in [1.54, 1.807) is 0 Å². The average Bonchev–Trinajstić information content (AvgIpc) is 2.07. The summed E-state index contributed by atoms with van der Waals surface area (Å²) in [5.74, 6) is 0.706. The molecule has 0 saturated carbocycles. The van der Waals surface area contributed by atoms with Gasteiger partial charge >= 0.3 is 0 Å². The molecular weight excluding hydrogens is 146 g/mol. The minimum atomic E-state index is 0.706. The summed E-state index contributed by atoms with van der Waals surface area (Å²) in [6.07, 6.45) is 10.4. The van der Waals surface area contributed by atoms with Crippen molar-refractivity contribution in [2.45, 2.75) is 13.3 Å². The van der Waals surface area contributed by atoms with Gasteiger partial charge in [0, 0.05) is 19.3 Å². The van der Waals surface area contributed by atoms with Gasteiger partial charge in [0.1, 0.15) is 0 Å². The van der Waals surface area contributed by atoms with Crippen LogP contribution in [0.25, 0.3) is 0 Å². The Hall–Kier alpha value is -0.980. The van der Waals surface area contributed by atoms with Gasteiger partial charge in [0.2, 0.25) is 0 Å². The van der Waals surface area contributed by atoms with Crippen molar-refractivity contribution in [1.82, 2.24) is 4.90 Å².